The number of rotatable bonds is 7. The highest BCUT2D eigenvalue weighted by atomic mass is 16.4. The minimum Gasteiger partial charge on any atom is -0.481 e. The van der Waals surface area contributed by atoms with Crippen molar-refractivity contribution in [3.05, 3.63) is 22.2 Å². The van der Waals surface area contributed by atoms with E-state index in [9.17, 15) is 9.59 Å². The lowest BCUT2D eigenvalue weighted by Crippen LogP contribution is -2.34. The summed E-state index contributed by atoms with van der Waals surface area (Å²) in [6, 6.07) is 1.62. The molecule has 20 heavy (non-hydrogen) atoms. The van der Waals surface area contributed by atoms with Crippen LogP contribution in [0.2, 0.25) is 0 Å². The van der Waals surface area contributed by atoms with Crippen LogP contribution in [-0.4, -0.2) is 33.6 Å². The Kier molecular flexibility index (Phi) is 5.73. The van der Waals surface area contributed by atoms with Gasteiger partial charge in [-0.2, -0.15) is 0 Å². The van der Waals surface area contributed by atoms with Crippen molar-refractivity contribution in [3.63, 3.8) is 0 Å². The number of H-pyrrole nitrogens is 1. The first-order valence-corrected chi connectivity index (χ1v) is 6.91. The van der Waals surface area contributed by atoms with Gasteiger partial charge in [0, 0.05) is 31.0 Å². The van der Waals surface area contributed by atoms with Crippen molar-refractivity contribution in [2.24, 2.45) is 0 Å². The number of nitrogens with zero attached hydrogens (tertiary/aromatic N) is 2. The van der Waals surface area contributed by atoms with Crippen molar-refractivity contribution < 1.29 is 9.90 Å². The fourth-order valence-electron chi connectivity index (χ4n) is 1.92. The van der Waals surface area contributed by atoms with Crippen LogP contribution >= 0.6 is 0 Å². The molecule has 0 radical (unpaired) electrons. The molecule has 0 saturated heterocycles. The maximum absolute atomic E-state index is 11.7. The van der Waals surface area contributed by atoms with E-state index >= 15 is 0 Å². The summed E-state index contributed by atoms with van der Waals surface area (Å²) in [6.07, 6.45) is 0.641. The predicted molar refractivity (Wildman–Crippen MR) is 78.3 cm³/mol. The van der Waals surface area contributed by atoms with Crippen LogP contribution < -0.4 is 10.5 Å². The quantitative estimate of drug-likeness (QED) is 0.798. The molecule has 0 bridgehead atoms. The normalized spacial score (nSPS) is 11.1. The summed E-state index contributed by atoms with van der Waals surface area (Å²) in [5.74, 6) is 0.584. The highest BCUT2D eigenvalue weighted by Crippen LogP contribution is 2.16. The average Bonchev–Trinajstić information content (AvgIpc) is 2.32. The number of hydrogen-bond acceptors (Lipinski definition) is 4. The predicted octanol–water partition coefficient (Wildman–Crippen LogP) is 1.97. The second-order valence-electron chi connectivity index (χ2n) is 5.43. The fourth-order valence-corrected chi connectivity index (χ4v) is 1.92. The maximum atomic E-state index is 11.7. The van der Waals surface area contributed by atoms with Gasteiger partial charge in [0.25, 0.3) is 5.56 Å². The number of aromatic amines is 1. The van der Waals surface area contributed by atoms with Gasteiger partial charge in [0.1, 0.15) is 11.6 Å². The molecule has 0 aliphatic rings. The number of nitrogens with one attached hydrogen (secondary N) is 1. The topological polar surface area (TPSA) is 86.3 Å². The van der Waals surface area contributed by atoms with E-state index in [2.05, 4.69) is 9.97 Å². The Morgan fingerprint density at radius 1 is 1.40 bits per heavy atom. The second-order valence-corrected chi connectivity index (χ2v) is 5.43. The molecule has 1 heterocycles. The van der Waals surface area contributed by atoms with Gasteiger partial charge in [-0.05, 0) is 20.3 Å². The van der Waals surface area contributed by atoms with Crippen LogP contribution in [-0.2, 0) is 4.79 Å². The minimum absolute atomic E-state index is 0.115. The second kappa shape index (κ2) is 7.07. The van der Waals surface area contributed by atoms with Crippen LogP contribution in [0.1, 0.15) is 52.3 Å². The number of carboxylic acid groups (broad SMARTS) is 1. The van der Waals surface area contributed by atoms with Gasteiger partial charge >= 0.3 is 5.97 Å². The zero-order valence-electron chi connectivity index (χ0n) is 12.5. The van der Waals surface area contributed by atoms with E-state index in [1.54, 1.807) is 0 Å². The van der Waals surface area contributed by atoms with Crippen molar-refractivity contribution in [2.75, 3.05) is 11.4 Å². The van der Waals surface area contributed by atoms with Crippen LogP contribution in [0.4, 0.5) is 5.82 Å². The summed E-state index contributed by atoms with van der Waals surface area (Å²) in [5.41, 5.74) is -0.178. The minimum atomic E-state index is -0.810. The van der Waals surface area contributed by atoms with E-state index < -0.39 is 5.97 Å². The number of anilines is 1. The van der Waals surface area contributed by atoms with Gasteiger partial charge < -0.3 is 15.0 Å². The summed E-state index contributed by atoms with van der Waals surface area (Å²) in [5, 5.41) is 8.71. The SMILES string of the molecule is CC(C)c1nc(N(CCCC(=O)O)C(C)C)cc(=O)[nH]1. The van der Waals surface area contributed by atoms with E-state index in [1.165, 1.54) is 6.07 Å². The molecule has 1 aromatic rings. The number of aliphatic carboxylic acids is 1. The Morgan fingerprint density at radius 2 is 2.05 bits per heavy atom. The molecule has 1 aromatic heterocycles. The third-order valence-corrected chi connectivity index (χ3v) is 3.00. The van der Waals surface area contributed by atoms with Crippen molar-refractivity contribution in [1.82, 2.24) is 9.97 Å². The number of carboxylic acids is 1. The smallest absolute Gasteiger partial charge is 0.303 e. The molecule has 0 aliphatic carbocycles. The Hall–Kier alpha value is -1.85. The first-order valence-electron chi connectivity index (χ1n) is 6.91. The summed E-state index contributed by atoms with van der Waals surface area (Å²) in [7, 11) is 0. The standard InChI is InChI=1S/C14H23N3O3/c1-9(2)14-15-11(8-12(18)16-14)17(10(3)4)7-5-6-13(19)20/h8-10H,5-7H2,1-4H3,(H,19,20)(H,15,16,18). The molecular formula is C14H23N3O3. The van der Waals surface area contributed by atoms with Crippen molar-refractivity contribution in [2.45, 2.75) is 52.5 Å². The molecule has 0 atom stereocenters. The first-order chi connectivity index (χ1) is 9.31. The summed E-state index contributed by atoms with van der Waals surface area (Å²) in [4.78, 5) is 31.5. The fraction of sp³-hybridized carbons (Fsp3) is 0.643. The molecule has 6 nitrogen and oxygen atoms in total. The number of hydrogen-bond donors (Lipinski definition) is 2. The molecule has 1 rings (SSSR count). The molecule has 0 saturated carbocycles. The average molecular weight is 281 g/mol. The molecule has 0 spiro atoms. The zero-order valence-corrected chi connectivity index (χ0v) is 12.5. The summed E-state index contributed by atoms with van der Waals surface area (Å²) < 4.78 is 0. The summed E-state index contributed by atoms with van der Waals surface area (Å²) >= 11 is 0. The first kappa shape index (κ1) is 16.2. The van der Waals surface area contributed by atoms with Gasteiger partial charge in [-0.15, -0.1) is 0 Å². The Bertz CT molecular complexity index is 509. The molecule has 0 unspecified atom stereocenters. The lowest BCUT2D eigenvalue weighted by atomic mass is 10.2. The lowest BCUT2D eigenvalue weighted by molar-refractivity contribution is -0.137. The van der Waals surface area contributed by atoms with Gasteiger partial charge in [-0.25, -0.2) is 4.98 Å². The lowest BCUT2D eigenvalue weighted by Gasteiger charge is -2.28. The monoisotopic (exact) mass is 281 g/mol. The molecular weight excluding hydrogens is 258 g/mol. The number of aromatic nitrogens is 2. The van der Waals surface area contributed by atoms with E-state index in [1.807, 2.05) is 32.6 Å². The van der Waals surface area contributed by atoms with Crippen LogP contribution in [0.15, 0.2) is 10.9 Å². The van der Waals surface area contributed by atoms with Gasteiger partial charge in [0.05, 0.1) is 0 Å². The van der Waals surface area contributed by atoms with Crippen LogP contribution in [0.25, 0.3) is 0 Å². The Labute approximate surface area is 118 Å². The van der Waals surface area contributed by atoms with E-state index in [4.69, 9.17) is 5.11 Å². The Morgan fingerprint density at radius 3 is 2.55 bits per heavy atom. The van der Waals surface area contributed by atoms with Gasteiger partial charge in [0.15, 0.2) is 0 Å². The molecule has 6 heteroatoms. The molecule has 0 aromatic carbocycles. The van der Waals surface area contributed by atoms with Crippen LogP contribution in [0.3, 0.4) is 0 Å². The molecule has 112 valence electrons. The van der Waals surface area contributed by atoms with Crippen molar-refractivity contribution in [3.8, 4) is 0 Å². The van der Waals surface area contributed by atoms with Gasteiger partial charge in [-0.1, -0.05) is 13.8 Å². The molecule has 0 aliphatic heterocycles. The van der Waals surface area contributed by atoms with Crippen molar-refractivity contribution in [1.29, 1.82) is 0 Å². The van der Waals surface area contributed by atoms with E-state index in [-0.39, 0.29) is 23.9 Å². The van der Waals surface area contributed by atoms with Crippen LogP contribution in [0.5, 0.6) is 0 Å². The molecule has 0 amide bonds. The highest BCUT2D eigenvalue weighted by Gasteiger charge is 2.15. The Balaban J connectivity index is 2.96. The zero-order chi connectivity index (χ0) is 15.3. The highest BCUT2D eigenvalue weighted by molar-refractivity contribution is 5.66. The van der Waals surface area contributed by atoms with Gasteiger partial charge in [-0.3, -0.25) is 9.59 Å². The largest absolute Gasteiger partial charge is 0.481 e. The van der Waals surface area contributed by atoms with Crippen LogP contribution in [0, 0.1) is 0 Å². The third kappa shape index (κ3) is 4.68. The molecule has 2 N–H and O–H groups in total. The van der Waals surface area contributed by atoms with E-state index in [0.29, 0.717) is 24.6 Å². The van der Waals surface area contributed by atoms with E-state index in [0.717, 1.165) is 0 Å². The summed E-state index contributed by atoms with van der Waals surface area (Å²) in [6.45, 7) is 8.49. The van der Waals surface area contributed by atoms with Crippen molar-refractivity contribution >= 4 is 11.8 Å². The molecule has 0 fully saturated rings. The maximum Gasteiger partial charge on any atom is 0.303 e. The number of carbonyl (C=O) groups is 1. The third-order valence-electron chi connectivity index (χ3n) is 3.00. The van der Waals surface area contributed by atoms with Gasteiger partial charge in [0.2, 0.25) is 0 Å².